The van der Waals surface area contributed by atoms with Gasteiger partial charge in [0.2, 0.25) is 9.74 Å². The lowest BCUT2D eigenvalue weighted by atomic mass is 10.4. The molecule has 1 heterocycles. The van der Waals surface area contributed by atoms with Crippen molar-refractivity contribution in [2.45, 2.75) is 16.9 Å². The highest BCUT2D eigenvalue weighted by Gasteiger charge is 2.31. The highest BCUT2D eigenvalue weighted by atomic mass is 35.6. The van der Waals surface area contributed by atoms with Crippen LogP contribution in [0.1, 0.15) is 5.69 Å². The molecule has 0 saturated carbocycles. The molecule has 11 heteroatoms. The Balaban J connectivity index is 2.82. The van der Waals surface area contributed by atoms with E-state index in [0.29, 0.717) is 11.5 Å². The number of aliphatic hydroxyl groups excluding tert-OH is 1. The second kappa shape index (κ2) is 6.87. The van der Waals surface area contributed by atoms with Gasteiger partial charge in [0.15, 0.2) is 6.23 Å². The van der Waals surface area contributed by atoms with Gasteiger partial charge in [0.25, 0.3) is 0 Å². The molecule has 0 aromatic carbocycles. The summed E-state index contributed by atoms with van der Waals surface area (Å²) >= 11 is 25.9. The van der Waals surface area contributed by atoms with E-state index >= 15 is 0 Å². The summed E-state index contributed by atoms with van der Waals surface area (Å²) in [7, 11) is 0. The van der Waals surface area contributed by atoms with E-state index in [-0.39, 0.29) is 10.3 Å². The zero-order valence-corrected chi connectivity index (χ0v) is 13.3. The molecule has 106 valence electrons. The molecule has 0 aliphatic carbocycles. The highest BCUT2D eigenvalue weighted by Crippen LogP contribution is 2.30. The molecule has 19 heavy (non-hydrogen) atoms. The van der Waals surface area contributed by atoms with Gasteiger partial charge in [0, 0.05) is 11.8 Å². The molecule has 1 unspecified atom stereocenters. The lowest BCUT2D eigenvalue weighted by molar-refractivity contribution is 0.207. The van der Waals surface area contributed by atoms with Crippen LogP contribution in [0, 0.1) is 6.92 Å². The summed E-state index contributed by atoms with van der Waals surface area (Å²) in [5, 5.41) is 12.0. The van der Waals surface area contributed by atoms with Gasteiger partial charge in [-0.2, -0.15) is 4.98 Å². The van der Waals surface area contributed by atoms with Crippen molar-refractivity contribution in [2.75, 3.05) is 10.7 Å². The smallest absolute Gasteiger partial charge is 0.234 e. The number of aromatic nitrogens is 2. The van der Waals surface area contributed by atoms with Gasteiger partial charge in [-0.1, -0.05) is 34.8 Å². The van der Waals surface area contributed by atoms with Gasteiger partial charge in [-0.25, -0.2) is 4.98 Å². The Kier molecular flexibility index (Phi) is 6.03. The number of thiocarbonyl (C=S) groups is 1. The van der Waals surface area contributed by atoms with Crippen LogP contribution in [0.4, 0.5) is 11.8 Å². The van der Waals surface area contributed by atoms with Crippen molar-refractivity contribution >= 4 is 75.7 Å². The Morgan fingerprint density at radius 1 is 1.47 bits per heavy atom. The first kappa shape index (κ1) is 16.7. The van der Waals surface area contributed by atoms with E-state index in [1.165, 1.54) is 0 Å². The third-order valence-electron chi connectivity index (χ3n) is 1.72. The van der Waals surface area contributed by atoms with Crippen LogP contribution in [0.5, 0.6) is 0 Å². The predicted molar refractivity (Wildman–Crippen MR) is 83.4 cm³/mol. The largest absolute Gasteiger partial charge is 0.410 e. The highest BCUT2D eigenvalue weighted by molar-refractivity contribution is 8.00. The molecule has 0 aliphatic heterocycles. The van der Waals surface area contributed by atoms with Crippen molar-refractivity contribution in [1.29, 1.82) is 0 Å². The van der Waals surface area contributed by atoms with Crippen LogP contribution in [0.15, 0.2) is 6.07 Å². The van der Waals surface area contributed by atoms with Crippen molar-refractivity contribution in [3.8, 4) is 0 Å². The number of nitrogens with one attached hydrogen (secondary N) is 3. The average molecular weight is 362 g/mol. The van der Waals surface area contributed by atoms with E-state index in [4.69, 9.17) is 34.8 Å². The standard InChI is InChI=1S/C8H10Cl3N5OS2/c1-3-2-4(15-16-7(18)19)13-6(12-3)14-5(17)8(9,10)11/h2,5,17H,1H3,(H2,16,18,19)(H2,12,13,14,15)/p-1. The summed E-state index contributed by atoms with van der Waals surface area (Å²) in [5.74, 6) is 0.470. The fourth-order valence-electron chi connectivity index (χ4n) is 1.02. The lowest BCUT2D eigenvalue weighted by Gasteiger charge is -2.20. The molecule has 0 bridgehead atoms. The average Bonchev–Trinajstić information content (AvgIpc) is 2.24. The number of halogens is 3. The summed E-state index contributed by atoms with van der Waals surface area (Å²) in [6.45, 7) is 1.73. The quantitative estimate of drug-likeness (QED) is 0.212. The maximum absolute atomic E-state index is 9.58. The summed E-state index contributed by atoms with van der Waals surface area (Å²) in [4.78, 5) is 8.05. The van der Waals surface area contributed by atoms with Gasteiger partial charge in [0.1, 0.15) is 5.82 Å². The Labute approximate surface area is 135 Å². The molecular weight excluding hydrogens is 353 g/mol. The molecule has 0 fully saturated rings. The monoisotopic (exact) mass is 360 g/mol. The number of aryl methyl sites for hydroxylation is 1. The molecule has 1 aromatic heterocycles. The normalized spacial score (nSPS) is 12.7. The molecule has 0 amide bonds. The molecule has 0 spiro atoms. The number of hydrogen-bond donors (Lipinski definition) is 4. The first-order chi connectivity index (χ1) is 8.68. The van der Waals surface area contributed by atoms with Crippen LogP contribution in [0.2, 0.25) is 0 Å². The minimum Gasteiger partial charge on any atom is -0.410 e. The molecule has 0 saturated heterocycles. The number of hydrogen-bond acceptors (Lipinski definition) is 7. The zero-order valence-electron chi connectivity index (χ0n) is 9.45. The fraction of sp³-hybridized carbons (Fsp3) is 0.375. The van der Waals surface area contributed by atoms with Crippen molar-refractivity contribution in [1.82, 2.24) is 15.4 Å². The van der Waals surface area contributed by atoms with Gasteiger partial charge in [-0.15, -0.1) is 0 Å². The fourth-order valence-corrected chi connectivity index (χ4v) is 1.28. The van der Waals surface area contributed by atoms with E-state index in [1.54, 1.807) is 13.0 Å². The van der Waals surface area contributed by atoms with Crippen LogP contribution in [0.25, 0.3) is 0 Å². The Bertz CT molecular complexity index is 470. The number of rotatable bonds is 4. The van der Waals surface area contributed by atoms with Crippen LogP contribution in [-0.4, -0.2) is 29.4 Å². The predicted octanol–water partition coefficient (Wildman–Crippen LogP) is 1.63. The van der Waals surface area contributed by atoms with Crippen molar-refractivity contribution in [3.63, 3.8) is 0 Å². The van der Waals surface area contributed by atoms with E-state index in [2.05, 4.69) is 51.0 Å². The third-order valence-corrected chi connectivity index (χ3v) is 2.55. The van der Waals surface area contributed by atoms with Crippen LogP contribution < -0.4 is 16.2 Å². The van der Waals surface area contributed by atoms with Gasteiger partial charge in [0.05, 0.1) is 0 Å². The van der Waals surface area contributed by atoms with Gasteiger partial charge < -0.3 is 40.7 Å². The number of hydrazine groups is 1. The molecule has 1 atom stereocenters. The van der Waals surface area contributed by atoms with Crippen molar-refractivity contribution in [2.24, 2.45) is 0 Å². The van der Waals surface area contributed by atoms with Crippen LogP contribution in [-0.2, 0) is 12.6 Å². The molecule has 0 radical (unpaired) electrons. The minimum absolute atomic E-state index is 0.0819. The molecule has 0 aliphatic rings. The van der Waals surface area contributed by atoms with E-state index in [1.807, 2.05) is 0 Å². The Morgan fingerprint density at radius 3 is 2.63 bits per heavy atom. The second-order valence-electron chi connectivity index (χ2n) is 3.34. The molecule has 4 N–H and O–H groups in total. The summed E-state index contributed by atoms with van der Waals surface area (Å²) in [6.07, 6.45) is -1.46. The maximum atomic E-state index is 9.58. The number of aliphatic hydroxyl groups is 1. The van der Waals surface area contributed by atoms with E-state index in [9.17, 15) is 5.11 Å². The van der Waals surface area contributed by atoms with Crippen molar-refractivity contribution in [3.05, 3.63) is 11.8 Å². The molecule has 1 rings (SSSR count). The third kappa shape index (κ3) is 6.07. The van der Waals surface area contributed by atoms with Gasteiger partial charge in [-0.3, -0.25) is 5.43 Å². The topological polar surface area (TPSA) is 82.1 Å². The summed E-state index contributed by atoms with van der Waals surface area (Å²) in [6, 6.07) is 1.63. The lowest BCUT2D eigenvalue weighted by Crippen LogP contribution is -2.34. The van der Waals surface area contributed by atoms with E-state index in [0.717, 1.165) is 0 Å². The van der Waals surface area contributed by atoms with E-state index < -0.39 is 10.0 Å². The molecular formula is C8H9Cl3N5OS2-. The van der Waals surface area contributed by atoms with Gasteiger partial charge in [-0.05, 0) is 11.2 Å². The number of nitrogens with zero attached hydrogens (tertiary/aromatic N) is 2. The minimum atomic E-state index is -1.90. The first-order valence-electron chi connectivity index (χ1n) is 4.78. The van der Waals surface area contributed by atoms with Gasteiger partial charge >= 0.3 is 0 Å². The SMILES string of the molecule is Cc1cc(NNC(=S)[S-])nc(NC(O)C(Cl)(Cl)Cl)n1. The first-order valence-corrected chi connectivity index (χ1v) is 6.73. The zero-order chi connectivity index (χ0) is 14.6. The number of anilines is 2. The number of alkyl halides is 3. The molecule has 1 aromatic rings. The Morgan fingerprint density at radius 2 is 2.11 bits per heavy atom. The maximum Gasteiger partial charge on any atom is 0.234 e. The summed E-state index contributed by atoms with van der Waals surface area (Å²) in [5.41, 5.74) is 5.83. The Hall–Kier alpha value is -0.380. The van der Waals surface area contributed by atoms with Crippen LogP contribution in [0.3, 0.4) is 0 Å². The van der Waals surface area contributed by atoms with Crippen LogP contribution >= 0.6 is 47.0 Å². The summed E-state index contributed by atoms with van der Waals surface area (Å²) < 4.78 is -1.77. The molecule has 6 nitrogen and oxygen atoms in total. The second-order valence-corrected chi connectivity index (χ2v) is 6.79. The van der Waals surface area contributed by atoms with Crippen molar-refractivity contribution < 1.29 is 5.11 Å².